The van der Waals surface area contributed by atoms with Gasteiger partial charge in [0.1, 0.15) is 5.75 Å². The summed E-state index contributed by atoms with van der Waals surface area (Å²) in [7, 11) is 0. The highest BCUT2D eigenvalue weighted by Crippen LogP contribution is 2.42. The molecule has 2 unspecified atom stereocenters. The van der Waals surface area contributed by atoms with Crippen LogP contribution in [-0.4, -0.2) is 42.6 Å². The molecule has 4 heteroatoms. The van der Waals surface area contributed by atoms with Crippen LogP contribution in [0.2, 0.25) is 0 Å². The second kappa shape index (κ2) is 8.44. The van der Waals surface area contributed by atoms with E-state index in [0.29, 0.717) is 5.92 Å². The van der Waals surface area contributed by atoms with Gasteiger partial charge in [0.15, 0.2) is 6.61 Å². The van der Waals surface area contributed by atoms with Crippen LogP contribution in [0, 0.1) is 18.8 Å². The first-order valence-corrected chi connectivity index (χ1v) is 11.4. The first-order chi connectivity index (χ1) is 13.6. The highest BCUT2D eigenvalue weighted by molar-refractivity contribution is 5.97. The molecule has 3 aliphatic heterocycles. The molecule has 3 aliphatic rings. The van der Waals surface area contributed by atoms with Gasteiger partial charge in [0.25, 0.3) is 5.91 Å². The van der Waals surface area contributed by atoms with Crippen molar-refractivity contribution in [3.8, 4) is 5.75 Å². The van der Waals surface area contributed by atoms with Gasteiger partial charge < -0.3 is 9.64 Å². The molecule has 154 valence electrons. The lowest BCUT2D eigenvalue weighted by molar-refractivity contribution is -0.121. The molecule has 0 saturated carbocycles. The van der Waals surface area contributed by atoms with E-state index in [2.05, 4.69) is 37.8 Å². The van der Waals surface area contributed by atoms with Crippen molar-refractivity contribution in [2.24, 2.45) is 11.8 Å². The summed E-state index contributed by atoms with van der Waals surface area (Å²) in [6.45, 7) is 8.75. The number of hydrogen-bond acceptors (Lipinski definition) is 3. The van der Waals surface area contributed by atoms with Gasteiger partial charge in [0, 0.05) is 25.2 Å². The molecule has 1 aromatic carbocycles. The Morgan fingerprint density at radius 1 is 1.18 bits per heavy atom. The van der Waals surface area contributed by atoms with Crippen LogP contribution in [0.25, 0.3) is 0 Å². The number of fused-ring (bicyclic) bond motifs is 3. The minimum absolute atomic E-state index is 0.0902. The van der Waals surface area contributed by atoms with Crippen LogP contribution in [-0.2, 0) is 4.79 Å². The summed E-state index contributed by atoms with van der Waals surface area (Å²) in [6, 6.07) is 7.70. The van der Waals surface area contributed by atoms with Crippen molar-refractivity contribution in [1.29, 1.82) is 0 Å². The van der Waals surface area contributed by atoms with Gasteiger partial charge in [-0.25, -0.2) is 0 Å². The van der Waals surface area contributed by atoms with Crippen LogP contribution in [0.15, 0.2) is 18.2 Å². The number of hydrogen-bond donors (Lipinski definition) is 0. The highest BCUT2D eigenvalue weighted by atomic mass is 16.5. The molecule has 2 bridgehead atoms. The van der Waals surface area contributed by atoms with Crippen LogP contribution < -0.4 is 9.64 Å². The first-order valence-electron chi connectivity index (χ1n) is 11.4. The quantitative estimate of drug-likeness (QED) is 0.678. The van der Waals surface area contributed by atoms with Gasteiger partial charge in [-0.1, -0.05) is 32.8 Å². The van der Waals surface area contributed by atoms with Gasteiger partial charge in [-0.05, 0) is 68.6 Å². The highest BCUT2D eigenvalue weighted by Gasteiger charge is 2.42. The average Bonchev–Trinajstić information content (AvgIpc) is 2.94. The molecule has 4 rings (SSSR count). The molecule has 2 saturated heterocycles. The Morgan fingerprint density at radius 3 is 2.82 bits per heavy atom. The SMILES string of the molecule is CCCCC1CC[C@H]2CCC1N2C[C@@H](C)CN1C(=O)COc2ccc(C)cc21. The predicted molar refractivity (Wildman–Crippen MR) is 114 cm³/mol. The minimum atomic E-state index is 0.0902. The van der Waals surface area contributed by atoms with Crippen molar-refractivity contribution in [3.05, 3.63) is 23.8 Å². The maximum absolute atomic E-state index is 12.6. The van der Waals surface area contributed by atoms with Gasteiger partial charge in [-0.3, -0.25) is 9.69 Å². The topological polar surface area (TPSA) is 32.8 Å². The summed E-state index contributed by atoms with van der Waals surface area (Å²) in [5.41, 5.74) is 2.12. The number of benzene rings is 1. The van der Waals surface area contributed by atoms with Crippen LogP contribution in [0.4, 0.5) is 5.69 Å². The molecule has 4 nitrogen and oxygen atoms in total. The molecule has 0 spiro atoms. The van der Waals surface area contributed by atoms with E-state index in [1.165, 1.54) is 50.5 Å². The molecular formula is C24H36N2O2. The van der Waals surface area contributed by atoms with Gasteiger partial charge in [0.05, 0.1) is 5.69 Å². The fourth-order valence-corrected chi connectivity index (χ4v) is 5.71. The Morgan fingerprint density at radius 2 is 2.00 bits per heavy atom. The van der Waals surface area contributed by atoms with Crippen molar-refractivity contribution >= 4 is 11.6 Å². The number of nitrogens with zero attached hydrogens (tertiary/aromatic N) is 2. The van der Waals surface area contributed by atoms with Gasteiger partial charge >= 0.3 is 0 Å². The molecule has 0 N–H and O–H groups in total. The average molecular weight is 385 g/mol. The molecular weight excluding hydrogens is 348 g/mol. The van der Waals surface area contributed by atoms with Gasteiger partial charge in [-0.2, -0.15) is 0 Å². The normalized spacial score (nSPS) is 28.2. The van der Waals surface area contributed by atoms with Gasteiger partial charge in [-0.15, -0.1) is 0 Å². The van der Waals surface area contributed by atoms with Crippen molar-refractivity contribution in [3.63, 3.8) is 0 Å². The minimum Gasteiger partial charge on any atom is -0.482 e. The molecule has 1 aromatic rings. The number of rotatable bonds is 7. The molecule has 1 amide bonds. The van der Waals surface area contributed by atoms with Crippen molar-refractivity contribution in [2.45, 2.75) is 77.8 Å². The largest absolute Gasteiger partial charge is 0.482 e. The number of anilines is 1. The Bertz CT molecular complexity index is 704. The number of unbranched alkanes of at least 4 members (excludes halogenated alkanes) is 1. The lowest BCUT2D eigenvalue weighted by Crippen LogP contribution is -2.49. The van der Waals surface area contributed by atoms with Crippen LogP contribution in [0.1, 0.15) is 64.4 Å². The number of piperidine rings is 1. The third kappa shape index (κ3) is 3.94. The standard InChI is InChI=1S/C24H36N2O2/c1-4-5-6-19-8-9-20-10-11-21(19)25(20)14-18(3)15-26-22-13-17(2)7-12-23(22)28-16-24(26)27/h7,12-13,18-21H,4-6,8-11,14-16H2,1-3H3/t18-,19?,20+,21?/m1/s1. The summed E-state index contributed by atoms with van der Waals surface area (Å²) in [5.74, 6) is 2.28. The summed E-state index contributed by atoms with van der Waals surface area (Å²) in [5, 5.41) is 0. The van der Waals surface area contributed by atoms with E-state index in [0.717, 1.165) is 42.5 Å². The fraction of sp³-hybridized carbons (Fsp3) is 0.708. The maximum Gasteiger partial charge on any atom is 0.265 e. The zero-order valence-corrected chi connectivity index (χ0v) is 17.8. The first kappa shape index (κ1) is 19.8. The molecule has 0 aliphatic carbocycles. The van der Waals surface area contributed by atoms with E-state index >= 15 is 0 Å². The smallest absolute Gasteiger partial charge is 0.265 e. The summed E-state index contributed by atoms with van der Waals surface area (Å²) in [4.78, 5) is 17.4. The van der Waals surface area contributed by atoms with Crippen LogP contribution in [0.5, 0.6) is 5.75 Å². The van der Waals surface area contributed by atoms with Crippen molar-refractivity contribution in [2.75, 3.05) is 24.6 Å². The van der Waals surface area contributed by atoms with Crippen molar-refractivity contribution in [1.82, 2.24) is 4.90 Å². The van der Waals surface area contributed by atoms with E-state index in [1.807, 2.05) is 11.0 Å². The zero-order valence-electron chi connectivity index (χ0n) is 17.8. The number of ether oxygens (including phenoxy) is 1. The number of carbonyl (C=O) groups excluding carboxylic acids is 1. The third-order valence-electron chi connectivity index (χ3n) is 7.11. The Labute approximate surface area is 170 Å². The van der Waals surface area contributed by atoms with E-state index < -0.39 is 0 Å². The molecule has 0 aromatic heterocycles. The van der Waals surface area contributed by atoms with Crippen LogP contribution >= 0.6 is 0 Å². The Balaban J connectivity index is 1.43. The summed E-state index contributed by atoms with van der Waals surface area (Å²) < 4.78 is 5.65. The lowest BCUT2D eigenvalue weighted by Gasteiger charge is -2.42. The predicted octanol–water partition coefficient (Wildman–Crippen LogP) is 4.79. The Kier molecular flexibility index (Phi) is 5.96. The zero-order chi connectivity index (χ0) is 19.7. The number of aryl methyl sites for hydroxylation is 1. The summed E-state index contributed by atoms with van der Waals surface area (Å²) >= 11 is 0. The second-order valence-electron chi connectivity index (χ2n) is 9.34. The van der Waals surface area contributed by atoms with E-state index in [4.69, 9.17) is 4.74 Å². The molecule has 28 heavy (non-hydrogen) atoms. The van der Waals surface area contributed by atoms with E-state index in [9.17, 15) is 4.79 Å². The molecule has 3 heterocycles. The monoisotopic (exact) mass is 384 g/mol. The van der Waals surface area contributed by atoms with Crippen molar-refractivity contribution < 1.29 is 9.53 Å². The fourth-order valence-electron chi connectivity index (χ4n) is 5.71. The lowest BCUT2D eigenvalue weighted by atomic mass is 9.85. The molecule has 2 fully saturated rings. The number of amides is 1. The number of carbonyl (C=O) groups is 1. The molecule has 0 radical (unpaired) electrons. The van der Waals surface area contributed by atoms with Crippen LogP contribution in [0.3, 0.4) is 0 Å². The van der Waals surface area contributed by atoms with E-state index in [-0.39, 0.29) is 12.5 Å². The van der Waals surface area contributed by atoms with E-state index in [1.54, 1.807) is 0 Å². The maximum atomic E-state index is 12.6. The third-order valence-corrected chi connectivity index (χ3v) is 7.11. The second-order valence-corrected chi connectivity index (χ2v) is 9.34. The summed E-state index contributed by atoms with van der Waals surface area (Å²) in [6.07, 6.45) is 9.62. The Hall–Kier alpha value is -1.55. The van der Waals surface area contributed by atoms with Gasteiger partial charge in [0.2, 0.25) is 0 Å². The molecule has 4 atom stereocenters.